The summed E-state index contributed by atoms with van der Waals surface area (Å²) in [6.45, 7) is 3.35. The molecule has 1 fully saturated rings. The highest BCUT2D eigenvalue weighted by atomic mass is 16.5. The summed E-state index contributed by atoms with van der Waals surface area (Å²) in [5.41, 5.74) is 3.76. The maximum Gasteiger partial charge on any atom is 0.333 e. The first-order valence-corrected chi connectivity index (χ1v) is 11.5. The van der Waals surface area contributed by atoms with Gasteiger partial charge in [-0.2, -0.15) is 0 Å². The summed E-state index contributed by atoms with van der Waals surface area (Å²) in [5, 5.41) is 12.4. The third-order valence-corrected chi connectivity index (χ3v) is 5.81. The van der Waals surface area contributed by atoms with Crippen molar-refractivity contribution < 1.29 is 19.4 Å². The zero-order valence-electron chi connectivity index (χ0n) is 19.0. The maximum absolute atomic E-state index is 12.4. The number of carboxylic acid groups (broad SMARTS) is 1. The molecule has 0 bridgehead atoms. The van der Waals surface area contributed by atoms with E-state index in [1.54, 1.807) is 11.9 Å². The molecule has 32 heavy (non-hydrogen) atoms. The minimum Gasteiger partial charge on any atom is -0.479 e. The van der Waals surface area contributed by atoms with Gasteiger partial charge in [0, 0.05) is 25.7 Å². The molecule has 2 aromatic carbocycles. The van der Waals surface area contributed by atoms with Gasteiger partial charge in [-0.15, -0.1) is 0 Å². The van der Waals surface area contributed by atoms with Crippen LogP contribution in [0, 0.1) is 5.92 Å². The Hall–Kier alpha value is -2.86. The molecule has 0 aromatic heterocycles. The number of carbonyl (C=O) groups excluding carboxylic acids is 1. The third kappa shape index (κ3) is 7.09. The van der Waals surface area contributed by atoms with E-state index in [0.717, 1.165) is 54.5 Å². The Labute approximate surface area is 190 Å². The molecule has 1 saturated carbocycles. The van der Waals surface area contributed by atoms with Gasteiger partial charge in [-0.25, -0.2) is 9.59 Å². The van der Waals surface area contributed by atoms with Crippen LogP contribution in [0.3, 0.4) is 0 Å². The number of benzene rings is 2. The van der Waals surface area contributed by atoms with Crippen LogP contribution in [0.2, 0.25) is 0 Å². The largest absolute Gasteiger partial charge is 0.479 e. The highest BCUT2D eigenvalue weighted by Gasteiger charge is 2.26. The summed E-state index contributed by atoms with van der Waals surface area (Å²) in [5.74, 6) is -0.388. The Kier molecular flexibility index (Phi) is 8.68. The number of hydrogen-bond donors (Lipinski definition) is 2. The summed E-state index contributed by atoms with van der Waals surface area (Å²) in [6.07, 6.45) is 5.02. The van der Waals surface area contributed by atoms with Gasteiger partial charge in [-0.05, 0) is 54.0 Å². The van der Waals surface area contributed by atoms with E-state index in [9.17, 15) is 14.7 Å². The van der Waals surface area contributed by atoms with E-state index in [-0.39, 0.29) is 6.03 Å². The first-order valence-electron chi connectivity index (χ1n) is 11.5. The van der Waals surface area contributed by atoms with Crippen LogP contribution < -0.4 is 10.2 Å². The highest BCUT2D eigenvalue weighted by molar-refractivity contribution is 5.92. The van der Waals surface area contributed by atoms with Crippen molar-refractivity contribution in [2.24, 2.45) is 5.92 Å². The number of ether oxygens (including phenoxy) is 1. The second-order valence-corrected chi connectivity index (χ2v) is 8.55. The van der Waals surface area contributed by atoms with Crippen molar-refractivity contribution in [1.82, 2.24) is 5.32 Å². The quantitative estimate of drug-likeness (QED) is 0.451. The predicted molar refractivity (Wildman–Crippen MR) is 127 cm³/mol. The molecular weight excluding hydrogens is 404 g/mol. The molecule has 172 valence electrons. The smallest absolute Gasteiger partial charge is 0.333 e. The summed E-state index contributed by atoms with van der Waals surface area (Å²) < 4.78 is 5.61. The van der Waals surface area contributed by atoms with Crippen LogP contribution in [-0.2, 0) is 16.0 Å². The van der Waals surface area contributed by atoms with Gasteiger partial charge in [-0.1, -0.05) is 56.2 Å². The number of carboxylic acids is 1. The number of aliphatic carboxylic acids is 1. The summed E-state index contributed by atoms with van der Waals surface area (Å²) in [7, 11) is 1.77. The van der Waals surface area contributed by atoms with Gasteiger partial charge in [-0.3, -0.25) is 4.90 Å². The lowest BCUT2D eigenvalue weighted by atomic mass is 10.0. The zero-order valence-corrected chi connectivity index (χ0v) is 19.0. The van der Waals surface area contributed by atoms with Crippen molar-refractivity contribution in [3.05, 3.63) is 54.1 Å². The van der Waals surface area contributed by atoms with E-state index in [1.807, 2.05) is 48.5 Å². The Balaban J connectivity index is 1.61. The lowest BCUT2D eigenvalue weighted by molar-refractivity contribution is -0.150. The molecular formula is C26H34N2O4. The summed E-state index contributed by atoms with van der Waals surface area (Å²) in [6, 6.07) is 15.6. The Morgan fingerprint density at radius 3 is 2.53 bits per heavy atom. The molecule has 1 atom stereocenters. The molecule has 0 heterocycles. The Morgan fingerprint density at radius 2 is 1.88 bits per heavy atom. The second kappa shape index (κ2) is 11.7. The number of urea groups is 1. The standard InChI is InChI=1S/C26H34N2O4/c1-3-4-5-15-27-26(31)28(2)23-8-6-7-22(17-23)21-13-11-19(12-14-21)16-24(25(29)30)32-18-20-9-10-20/h6-8,11-14,17,20,24H,3-5,9-10,15-16,18H2,1-2H3,(H,27,31)(H,29,30). The average Bonchev–Trinajstić information content (AvgIpc) is 3.63. The molecule has 0 saturated heterocycles. The van der Waals surface area contributed by atoms with Gasteiger partial charge >= 0.3 is 12.0 Å². The molecule has 6 nitrogen and oxygen atoms in total. The van der Waals surface area contributed by atoms with Crippen LogP contribution in [0.15, 0.2) is 48.5 Å². The summed E-state index contributed by atoms with van der Waals surface area (Å²) >= 11 is 0. The van der Waals surface area contributed by atoms with E-state index in [1.165, 1.54) is 0 Å². The van der Waals surface area contributed by atoms with Gasteiger partial charge in [0.05, 0.1) is 6.61 Å². The van der Waals surface area contributed by atoms with Crippen molar-refractivity contribution in [2.45, 2.75) is 51.6 Å². The number of anilines is 1. The molecule has 2 N–H and O–H groups in total. The maximum atomic E-state index is 12.4. The summed E-state index contributed by atoms with van der Waals surface area (Å²) in [4.78, 5) is 25.6. The third-order valence-electron chi connectivity index (χ3n) is 5.81. The fraction of sp³-hybridized carbons (Fsp3) is 0.462. The molecule has 2 aromatic rings. The van der Waals surface area contributed by atoms with Crippen LogP contribution >= 0.6 is 0 Å². The molecule has 1 aliphatic rings. The second-order valence-electron chi connectivity index (χ2n) is 8.55. The van der Waals surface area contributed by atoms with Crippen LogP contribution in [0.5, 0.6) is 0 Å². The van der Waals surface area contributed by atoms with E-state index >= 15 is 0 Å². The lowest BCUT2D eigenvalue weighted by Crippen LogP contribution is -2.37. The predicted octanol–water partition coefficient (Wildman–Crippen LogP) is 5.11. The van der Waals surface area contributed by atoms with Crippen molar-refractivity contribution in [1.29, 1.82) is 0 Å². The molecule has 2 amide bonds. The van der Waals surface area contributed by atoms with Gasteiger partial charge in [0.15, 0.2) is 6.10 Å². The minimum atomic E-state index is -0.918. The van der Waals surface area contributed by atoms with Crippen molar-refractivity contribution in [2.75, 3.05) is 25.1 Å². The number of unbranched alkanes of at least 4 members (excludes halogenated alkanes) is 2. The van der Waals surface area contributed by atoms with Gasteiger partial charge in [0.2, 0.25) is 0 Å². The number of amides is 2. The normalized spacial score (nSPS) is 14.1. The lowest BCUT2D eigenvalue weighted by Gasteiger charge is -2.19. The van der Waals surface area contributed by atoms with Gasteiger partial charge in [0.25, 0.3) is 0 Å². The molecule has 0 spiro atoms. The van der Waals surface area contributed by atoms with Crippen molar-refractivity contribution in [3.8, 4) is 11.1 Å². The van der Waals surface area contributed by atoms with Crippen LogP contribution in [-0.4, -0.2) is 43.4 Å². The highest BCUT2D eigenvalue weighted by Crippen LogP contribution is 2.29. The van der Waals surface area contributed by atoms with Crippen LogP contribution in [0.4, 0.5) is 10.5 Å². The number of nitrogens with zero attached hydrogens (tertiary/aromatic N) is 1. The monoisotopic (exact) mass is 438 g/mol. The molecule has 1 aliphatic carbocycles. The Bertz CT molecular complexity index is 893. The number of hydrogen-bond acceptors (Lipinski definition) is 3. The van der Waals surface area contributed by atoms with Gasteiger partial charge < -0.3 is 15.2 Å². The SMILES string of the molecule is CCCCCNC(=O)N(C)c1cccc(-c2ccc(CC(OCC3CC3)C(=O)O)cc2)c1. The van der Waals surface area contributed by atoms with Gasteiger partial charge in [0.1, 0.15) is 0 Å². The molecule has 0 aliphatic heterocycles. The fourth-order valence-corrected chi connectivity index (χ4v) is 3.50. The Morgan fingerprint density at radius 1 is 1.12 bits per heavy atom. The number of nitrogens with one attached hydrogen (secondary N) is 1. The van der Waals surface area contributed by atoms with E-state index < -0.39 is 12.1 Å². The van der Waals surface area contributed by atoms with Crippen molar-refractivity contribution in [3.63, 3.8) is 0 Å². The first kappa shape index (κ1) is 23.8. The number of carbonyl (C=O) groups is 2. The average molecular weight is 439 g/mol. The zero-order chi connectivity index (χ0) is 22.9. The van der Waals surface area contributed by atoms with Crippen molar-refractivity contribution >= 4 is 17.7 Å². The minimum absolute atomic E-state index is 0.112. The van der Waals surface area contributed by atoms with E-state index in [2.05, 4.69) is 12.2 Å². The molecule has 1 unspecified atom stereocenters. The number of rotatable bonds is 12. The topological polar surface area (TPSA) is 78.9 Å². The molecule has 6 heteroatoms. The first-order chi connectivity index (χ1) is 15.5. The van der Waals surface area contributed by atoms with Crippen LogP contribution in [0.1, 0.15) is 44.6 Å². The molecule has 0 radical (unpaired) electrons. The van der Waals surface area contributed by atoms with E-state index in [4.69, 9.17) is 4.74 Å². The van der Waals surface area contributed by atoms with Crippen LogP contribution in [0.25, 0.3) is 11.1 Å². The van der Waals surface area contributed by atoms with E-state index in [0.29, 0.717) is 25.5 Å². The fourth-order valence-electron chi connectivity index (χ4n) is 3.50. The molecule has 3 rings (SSSR count).